The molecule has 0 aromatic carbocycles. The van der Waals surface area contributed by atoms with Gasteiger partial charge in [0.15, 0.2) is 0 Å². The van der Waals surface area contributed by atoms with Gasteiger partial charge in [0.1, 0.15) is 0 Å². The summed E-state index contributed by atoms with van der Waals surface area (Å²) in [6, 6.07) is 0. The van der Waals surface area contributed by atoms with E-state index in [2.05, 4.69) is 25.9 Å². The van der Waals surface area contributed by atoms with Crippen molar-refractivity contribution in [1.82, 2.24) is 4.90 Å². The van der Waals surface area contributed by atoms with Crippen molar-refractivity contribution in [2.45, 2.75) is 57.1 Å². The van der Waals surface area contributed by atoms with Crippen molar-refractivity contribution in [3.63, 3.8) is 0 Å². The molecule has 0 aromatic rings. The highest BCUT2D eigenvalue weighted by atomic mass is 16.3. The summed E-state index contributed by atoms with van der Waals surface area (Å²) in [7, 11) is 4.28. The predicted molar refractivity (Wildman–Crippen MR) is 62.8 cm³/mol. The molecule has 2 saturated carbocycles. The van der Waals surface area contributed by atoms with Crippen LogP contribution in [-0.2, 0) is 0 Å². The van der Waals surface area contributed by atoms with E-state index in [1.165, 1.54) is 38.5 Å². The molecule has 0 radical (unpaired) electrons. The fourth-order valence-electron chi connectivity index (χ4n) is 3.12. The fraction of sp³-hybridized carbons (Fsp3) is 1.00. The van der Waals surface area contributed by atoms with Crippen LogP contribution in [0.3, 0.4) is 0 Å². The van der Waals surface area contributed by atoms with E-state index in [0.29, 0.717) is 5.92 Å². The zero-order valence-corrected chi connectivity index (χ0v) is 10.4. The third-order valence-electron chi connectivity index (χ3n) is 4.65. The molecular formula is C13H25NO. The first-order chi connectivity index (χ1) is 7.06. The molecule has 2 rings (SSSR count). The van der Waals surface area contributed by atoms with E-state index in [4.69, 9.17) is 0 Å². The van der Waals surface area contributed by atoms with Gasteiger partial charge in [-0.1, -0.05) is 6.92 Å². The summed E-state index contributed by atoms with van der Waals surface area (Å²) in [6.07, 6.45) is 7.32. The molecule has 0 aliphatic heterocycles. The monoisotopic (exact) mass is 211 g/mol. The van der Waals surface area contributed by atoms with Crippen molar-refractivity contribution in [3.8, 4) is 0 Å². The molecule has 0 heterocycles. The predicted octanol–water partition coefficient (Wildman–Crippen LogP) is 2.27. The van der Waals surface area contributed by atoms with E-state index >= 15 is 0 Å². The third-order valence-corrected chi connectivity index (χ3v) is 4.65. The zero-order valence-electron chi connectivity index (χ0n) is 10.4. The maximum atomic E-state index is 10.5. The summed E-state index contributed by atoms with van der Waals surface area (Å²) in [5.41, 5.74) is 0.0909. The lowest BCUT2D eigenvalue weighted by Gasteiger charge is -2.48. The van der Waals surface area contributed by atoms with Crippen LogP contribution in [0.15, 0.2) is 0 Å². The molecule has 0 saturated heterocycles. The summed E-state index contributed by atoms with van der Waals surface area (Å²) < 4.78 is 0. The Labute approximate surface area is 93.7 Å². The number of hydrogen-bond donors (Lipinski definition) is 1. The molecule has 2 heteroatoms. The number of likely N-dealkylation sites (N-methyl/N-ethyl adjacent to an activating group) is 1. The molecule has 0 aromatic heterocycles. The molecule has 15 heavy (non-hydrogen) atoms. The highest BCUT2D eigenvalue weighted by molar-refractivity contribution is 5.03. The van der Waals surface area contributed by atoms with Gasteiger partial charge in [0.25, 0.3) is 0 Å². The van der Waals surface area contributed by atoms with Crippen molar-refractivity contribution < 1.29 is 5.11 Å². The van der Waals surface area contributed by atoms with Crippen LogP contribution < -0.4 is 0 Å². The van der Waals surface area contributed by atoms with Gasteiger partial charge >= 0.3 is 0 Å². The van der Waals surface area contributed by atoms with Crippen molar-refractivity contribution in [2.75, 3.05) is 14.1 Å². The van der Waals surface area contributed by atoms with Crippen molar-refractivity contribution in [2.24, 2.45) is 11.8 Å². The second-order valence-electron chi connectivity index (χ2n) is 5.96. The molecule has 0 bridgehead atoms. The minimum absolute atomic E-state index is 0.0833. The largest absolute Gasteiger partial charge is 0.391 e. The highest BCUT2D eigenvalue weighted by Gasteiger charge is 2.48. The Morgan fingerprint density at radius 3 is 2.07 bits per heavy atom. The Hall–Kier alpha value is -0.0800. The van der Waals surface area contributed by atoms with Gasteiger partial charge in [-0.25, -0.2) is 0 Å². The maximum Gasteiger partial charge on any atom is 0.0751 e. The Morgan fingerprint density at radius 2 is 1.67 bits per heavy atom. The average molecular weight is 211 g/mol. The maximum absolute atomic E-state index is 10.5. The standard InChI is InChI=1S/C13H25NO/c1-10-6-8-13(9-7-10,14(2)3)12(15)11-4-5-11/h10-12,15H,4-9H2,1-3H3. The van der Waals surface area contributed by atoms with Gasteiger partial charge in [0.05, 0.1) is 6.10 Å². The van der Waals surface area contributed by atoms with Gasteiger partial charge in [-0.3, -0.25) is 0 Å². The first-order valence-corrected chi connectivity index (χ1v) is 6.42. The summed E-state index contributed by atoms with van der Waals surface area (Å²) in [5, 5.41) is 10.5. The van der Waals surface area contributed by atoms with Crippen molar-refractivity contribution in [1.29, 1.82) is 0 Å². The molecule has 0 spiro atoms. The van der Waals surface area contributed by atoms with Gasteiger partial charge < -0.3 is 10.0 Å². The summed E-state index contributed by atoms with van der Waals surface area (Å²) in [5.74, 6) is 1.45. The van der Waals surface area contributed by atoms with Crippen LogP contribution >= 0.6 is 0 Å². The highest BCUT2D eigenvalue weighted by Crippen LogP contribution is 2.45. The van der Waals surface area contributed by atoms with Gasteiger partial charge in [-0.2, -0.15) is 0 Å². The zero-order chi connectivity index (χ0) is 11.1. The van der Waals surface area contributed by atoms with E-state index < -0.39 is 0 Å². The molecule has 1 atom stereocenters. The van der Waals surface area contributed by atoms with Crippen LogP contribution in [-0.4, -0.2) is 35.7 Å². The summed E-state index contributed by atoms with van der Waals surface area (Å²) in [6.45, 7) is 2.34. The molecule has 2 aliphatic rings. The molecule has 1 N–H and O–H groups in total. The molecule has 1 unspecified atom stereocenters. The number of hydrogen-bond acceptors (Lipinski definition) is 2. The van der Waals surface area contributed by atoms with Gasteiger partial charge in [0.2, 0.25) is 0 Å². The summed E-state index contributed by atoms with van der Waals surface area (Å²) in [4.78, 5) is 2.29. The SMILES string of the molecule is CC1CCC(C(O)C2CC2)(N(C)C)CC1. The van der Waals surface area contributed by atoms with E-state index in [1.807, 2.05) is 0 Å². The van der Waals surface area contributed by atoms with Crippen LogP contribution in [0.1, 0.15) is 45.4 Å². The Kier molecular flexibility index (Phi) is 3.09. The minimum atomic E-state index is -0.0833. The fourth-order valence-corrected chi connectivity index (χ4v) is 3.12. The average Bonchev–Trinajstić information content (AvgIpc) is 3.01. The van der Waals surface area contributed by atoms with Crippen LogP contribution in [0.25, 0.3) is 0 Å². The smallest absolute Gasteiger partial charge is 0.0751 e. The quantitative estimate of drug-likeness (QED) is 0.774. The van der Waals surface area contributed by atoms with Crippen LogP contribution in [0.4, 0.5) is 0 Å². The third kappa shape index (κ3) is 2.07. The normalized spacial score (nSPS) is 39.4. The molecule has 2 nitrogen and oxygen atoms in total. The van der Waals surface area contributed by atoms with Crippen molar-refractivity contribution in [3.05, 3.63) is 0 Å². The van der Waals surface area contributed by atoms with Crippen molar-refractivity contribution >= 4 is 0 Å². The van der Waals surface area contributed by atoms with Gasteiger partial charge in [-0.05, 0) is 64.5 Å². The van der Waals surface area contributed by atoms with E-state index in [1.54, 1.807) is 0 Å². The first-order valence-electron chi connectivity index (χ1n) is 6.42. The van der Waals surface area contributed by atoms with Gasteiger partial charge in [-0.15, -0.1) is 0 Å². The Bertz CT molecular complexity index is 215. The molecule has 2 fully saturated rings. The topological polar surface area (TPSA) is 23.5 Å². The number of aliphatic hydroxyl groups excluding tert-OH is 1. The number of nitrogens with zero attached hydrogens (tertiary/aromatic N) is 1. The van der Waals surface area contributed by atoms with Gasteiger partial charge in [0, 0.05) is 5.54 Å². The first kappa shape index (κ1) is 11.4. The van der Waals surface area contributed by atoms with E-state index in [-0.39, 0.29) is 11.6 Å². The Balaban J connectivity index is 2.09. The molecular weight excluding hydrogens is 186 g/mol. The van der Waals surface area contributed by atoms with Crippen LogP contribution in [0, 0.1) is 11.8 Å². The molecule has 0 amide bonds. The number of aliphatic hydroxyl groups is 1. The molecule has 88 valence electrons. The number of rotatable bonds is 3. The summed E-state index contributed by atoms with van der Waals surface area (Å²) >= 11 is 0. The lowest BCUT2D eigenvalue weighted by Crippen LogP contribution is -2.56. The second-order valence-corrected chi connectivity index (χ2v) is 5.96. The van der Waals surface area contributed by atoms with E-state index in [9.17, 15) is 5.11 Å². The molecule has 2 aliphatic carbocycles. The lowest BCUT2D eigenvalue weighted by atomic mass is 9.72. The van der Waals surface area contributed by atoms with E-state index in [0.717, 1.165) is 5.92 Å². The second kappa shape index (κ2) is 4.06. The Morgan fingerprint density at radius 1 is 1.13 bits per heavy atom. The van der Waals surface area contributed by atoms with Crippen LogP contribution in [0.5, 0.6) is 0 Å². The van der Waals surface area contributed by atoms with Crippen LogP contribution in [0.2, 0.25) is 0 Å². The minimum Gasteiger partial charge on any atom is -0.391 e. The lowest BCUT2D eigenvalue weighted by molar-refractivity contribution is -0.0496.